The van der Waals surface area contributed by atoms with Crippen molar-refractivity contribution in [1.29, 1.82) is 0 Å². The second-order valence-corrected chi connectivity index (χ2v) is 5.37. The van der Waals surface area contributed by atoms with E-state index in [2.05, 4.69) is 26.1 Å². The normalized spacial score (nSPS) is 10.6. The first-order valence-corrected chi connectivity index (χ1v) is 7.68. The Bertz CT molecular complexity index is 1010. The molecule has 0 atom stereocenters. The maximum absolute atomic E-state index is 12.2. The van der Waals surface area contributed by atoms with Crippen LogP contribution in [-0.2, 0) is 0 Å². The Morgan fingerprint density at radius 3 is 2.44 bits per heavy atom. The predicted molar refractivity (Wildman–Crippen MR) is 93.7 cm³/mol. The lowest BCUT2D eigenvalue weighted by Gasteiger charge is -2.08. The van der Waals surface area contributed by atoms with E-state index in [9.17, 15) is 4.79 Å². The third kappa shape index (κ3) is 3.16. The van der Waals surface area contributed by atoms with Gasteiger partial charge < -0.3 is 0 Å². The molecule has 0 radical (unpaired) electrons. The summed E-state index contributed by atoms with van der Waals surface area (Å²) in [7, 11) is 0. The highest BCUT2D eigenvalue weighted by molar-refractivity contribution is 5.95. The molecule has 0 saturated carbocycles. The Kier molecular flexibility index (Phi) is 3.80. The van der Waals surface area contributed by atoms with Crippen LogP contribution in [0.15, 0.2) is 73.1 Å². The maximum Gasteiger partial charge on any atom is 0.269 e. The average Bonchev–Trinajstić information content (AvgIpc) is 3.15. The number of anilines is 1. The number of rotatable bonds is 4. The van der Waals surface area contributed by atoms with E-state index in [0.29, 0.717) is 17.0 Å². The third-order valence-corrected chi connectivity index (χ3v) is 3.72. The third-order valence-electron chi connectivity index (χ3n) is 3.72. The monoisotopic (exact) mass is 330 g/mol. The first-order valence-electron chi connectivity index (χ1n) is 7.68. The summed E-state index contributed by atoms with van der Waals surface area (Å²) < 4.78 is 1.52. The summed E-state index contributed by atoms with van der Waals surface area (Å²) in [6.07, 6.45) is 1.49. The predicted octanol–water partition coefficient (Wildman–Crippen LogP) is 2.55. The summed E-state index contributed by atoms with van der Waals surface area (Å²) in [5, 5.41) is 11.8. The smallest absolute Gasteiger partial charge is 0.269 e. The molecule has 122 valence electrons. The van der Waals surface area contributed by atoms with Crippen LogP contribution in [0.5, 0.6) is 0 Å². The first kappa shape index (κ1) is 14.8. The van der Waals surface area contributed by atoms with E-state index < -0.39 is 0 Å². The fourth-order valence-corrected chi connectivity index (χ4v) is 2.43. The van der Waals surface area contributed by atoms with Crippen LogP contribution in [0.2, 0.25) is 0 Å². The van der Waals surface area contributed by atoms with Crippen LogP contribution < -0.4 is 10.9 Å². The van der Waals surface area contributed by atoms with Gasteiger partial charge in [0.25, 0.3) is 5.91 Å². The summed E-state index contributed by atoms with van der Waals surface area (Å²) in [4.78, 5) is 12.2. The SMILES string of the molecule is O=C(NNc1ccc2nncn2n1)c1ccc(-c2ccccc2)cc1. The summed E-state index contributed by atoms with van der Waals surface area (Å²) in [5.41, 5.74) is 8.77. The van der Waals surface area contributed by atoms with Gasteiger partial charge in [-0.1, -0.05) is 42.5 Å². The lowest BCUT2D eigenvalue weighted by molar-refractivity contribution is 0.0962. The van der Waals surface area contributed by atoms with E-state index in [-0.39, 0.29) is 5.91 Å². The van der Waals surface area contributed by atoms with Crippen molar-refractivity contribution in [2.75, 3.05) is 5.43 Å². The Hall–Kier alpha value is -3.74. The van der Waals surface area contributed by atoms with Gasteiger partial charge in [-0.15, -0.1) is 15.3 Å². The van der Waals surface area contributed by atoms with Gasteiger partial charge in [0.1, 0.15) is 6.33 Å². The average molecular weight is 330 g/mol. The number of benzene rings is 2. The Morgan fingerprint density at radius 1 is 0.880 bits per heavy atom. The summed E-state index contributed by atoms with van der Waals surface area (Å²) >= 11 is 0. The Morgan fingerprint density at radius 2 is 1.64 bits per heavy atom. The van der Waals surface area contributed by atoms with Crippen molar-refractivity contribution in [3.05, 3.63) is 78.6 Å². The van der Waals surface area contributed by atoms with Crippen LogP contribution in [0, 0.1) is 0 Å². The van der Waals surface area contributed by atoms with E-state index in [1.54, 1.807) is 24.3 Å². The van der Waals surface area contributed by atoms with Gasteiger partial charge in [0.05, 0.1) is 0 Å². The summed E-state index contributed by atoms with van der Waals surface area (Å²) in [6, 6.07) is 20.9. The molecule has 2 aromatic heterocycles. The minimum Gasteiger partial charge on any atom is -0.280 e. The highest BCUT2D eigenvalue weighted by Gasteiger charge is 2.06. The Balaban J connectivity index is 1.44. The molecule has 2 N–H and O–H groups in total. The zero-order valence-corrected chi connectivity index (χ0v) is 13.1. The number of fused-ring (bicyclic) bond motifs is 1. The van der Waals surface area contributed by atoms with E-state index in [1.165, 1.54) is 10.8 Å². The molecule has 2 aromatic carbocycles. The molecule has 0 spiro atoms. The van der Waals surface area contributed by atoms with Gasteiger partial charge >= 0.3 is 0 Å². The largest absolute Gasteiger partial charge is 0.280 e. The van der Waals surface area contributed by atoms with Crippen molar-refractivity contribution in [3.8, 4) is 11.1 Å². The quantitative estimate of drug-likeness (QED) is 0.562. The molecular weight excluding hydrogens is 316 g/mol. The molecule has 4 rings (SSSR count). The van der Waals surface area contributed by atoms with E-state index in [1.807, 2.05) is 42.5 Å². The van der Waals surface area contributed by atoms with Crippen molar-refractivity contribution in [2.24, 2.45) is 0 Å². The molecule has 0 bridgehead atoms. The number of amides is 1. The van der Waals surface area contributed by atoms with Crippen molar-refractivity contribution in [1.82, 2.24) is 25.2 Å². The van der Waals surface area contributed by atoms with Gasteiger partial charge in [-0.2, -0.15) is 4.52 Å². The zero-order valence-electron chi connectivity index (χ0n) is 13.1. The number of hydrogen-bond donors (Lipinski definition) is 2. The van der Waals surface area contributed by atoms with Gasteiger partial charge in [-0.25, -0.2) is 0 Å². The number of carbonyl (C=O) groups is 1. The molecule has 0 unspecified atom stereocenters. The minimum absolute atomic E-state index is 0.245. The van der Waals surface area contributed by atoms with Gasteiger partial charge in [0, 0.05) is 5.56 Å². The zero-order chi connectivity index (χ0) is 17.1. The van der Waals surface area contributed by atoms with Crippen LogP contribution in [0.3, 0.4) is 0 Å². The van der Waals surface area contributed by atoms with Crippen LogP contribution in [0.25, 0.3) is 16.8 Å². The van der Waals surface area contributed by atoms with Crippen LogP contribution in [-0.4, -0.2) is 25.7 Å². The van der Waals surface area contributed by atoms with E-state index >= 15 is 0 Å². The molecule has 1 amide bonds. The molecule has 0 aliphatic carbocycles. The van der Waals surface area contributed by atoms with Crippen molar-refractivity contribution >= 4 is 17.4 Å². The number of nitrogens with one attached hydrogen (secondary N) is 2. The molecule has 7 heteroatoms. The van der Waals surface area contributed by atoms with Crippen LogP contribution in [0.4, 0.5) is 5.82 Å². The van der Waals surface area contributed by atoms with Crippen LogP contribution in [0.1, 0.15) is 10.4 Å². The summed E-state index contributed by atoms with van der Waals surface area (Å²) in [5.74, 6) is 0.242. The lowest BCUT2D eigenvalue weighted by Crippen LogP contribution is -2.30. The van der Waals surface area contributed by atoms with Crippen molar-refractivity contribution < 1.29 is 4.79 Å². The highest BCUT2D eigenvalue weighted by Crippen LogP contribution is 2.19. The number of hydrazine groups is 1. The lowest BCUT2D eigenvalue weighted by atomic mass is 10.0. The second-order valence-electron chi connectivity index (χ2n) is 5.37. The van der Waals surface area contributed by atoms with E-state index in [4.69, 9.17) is 0 Å². The van der Waals surface area contributed by atoms with Crippen molar-refractivity contribution in [2.45, 2.75) is 0 Å². The molecule has 0 aliphatic heterocycles. The highest BCUT2D eigenvalue weighted by atomic mass is 16.2. The molecule has 2 heterocycles. The molecule has 25 heavy (non-hydrogen) atoms. The number of carbonyl (C=O) groups excluding carboxylic acids is 1. The van der Waals surface area contributed by atoms with Gasteiger partial charge in [-0.3, -0.25) is 15.6 Å². The summed E-state index contributed by atoms with van der Waals surface area (Å²) in [6.45, 7) is 0. The standard InChI is InChI=1S/C18H14N6O/c25-18(22-20-16-10-11-17-21-19-12-24(17)23-16)15-8-6-14(7-9-15)13-4-2-1-3-5-13/h1-12H,(H,20,23)(H,22,25). The molecule has 4 aromatic rings. The number of aromatic nitrogens is 4. The fraction of sp³-hybridized carbons (Fsp3) is 0. The molecule has 0 aliphatic rings. The van der Waals surface area contributed by atoms with Crippen molar-refractivity contribution in [3.63, 3.8) is 0 Å². The van der Waals surface area contributed by atoms with E-state index in [0.717, 1.165) is 11.1 Å². The fourth-order valence-electron chi connectivity index (χ4n) is 2.43. The number of nitrogens with zero attached hydrogens (tertiary/aromatic N) is 4. The number of hydrogen-bond acceptors (Lipinski definition) is 5. The minimum atomic E-state index is -0.245. The maximum atomic E-state index is 12.2. The second kappa shape index (κ2) is 6.40. The first-order chi connectivity index (χ1) is 12.3. The molecular formula is C18H14N6O. The topological polar surface area (TPSA) is 84.2 Å². The molecule has 0 saturated heterocycles. The van der Waals surface area contributed by atoms with Gasteiger partial charge in [0.2, 0.25) is 0 Å². The molecule has 7 nitrogen and oxygen atoms in total. The van der Waals surface area contributed by atoms with Crippen LogP contribution >= 0.6 is 0 Å². The Labute approximate surface area is 143 Å². The van der Waals surface area contributed by atoms with Gasteiger partial charge in [-0.05, 0) is 35.4 Å². The molecule has 0 fully saturated rings. The van der Waals surface area contributed by atoms with Gasteiger partial charge in [0.15, 0.2) is 11.5 Å².